The highest BCUT2D eigenvalue weighted by Crippen LogP contribution is 2.29. The average Bonchev–Trinajstić information content (AvgIpc) is 3.13. The van der Waals surface area contributed by atoms with Crippen LogP contribution in [0.15, 0.2) is 22.4 Å². The van der Waals surface area contributed by atoms with Crippen molar-refractivity contribution >= 4 is 37.5 Å². The summed E-state index contributed by atoms with van der Waals surface area (Å²) in [5.74, 6) is -1.13. The van der Waals surface area contributed by atoms with Crippen molar-refractivity contribution in [3.05, 3.63) is 34.6 Å². The topological polar surface area (TPSA) is 86.0 Å². The van der Waals surface area contributed by atoms with Gasteiger partial charge in [0.05, 0.1) is 21.6 Å². The number of fused-ring (bicyclic) bond motifs is 1. The highest BCUT2D eigenvalue weighted by Gasteiger charge is 2.33. The number of amides is 1. The highest BCUT2D eigenvalue weighted by atomic mass is 32.2. The molecule has 3 rings (SSSR count). The first kappa shape index (κ1) is 19.4. The van der Waals surface area contributed by atoms with Gasteiger partial charge in [-0.1, -0.05) is 0 Å². The largest absolute Gasteiger partial charge is 0.406 e. The van der Waals surface area contributed by atoms with Gasteiger partial charge in [0, 0.05) is 7.05 Å². The van der Waals surface area contributed by atoms with Gasteiger partial charge in [-0.25, -0.2) is 13.1 Å². The van der Waals surface area contributed by atoms with Gasteiger partial charge in [-0.05, 0) is 31.4 Å². The summed E-state index contributed by atoms with van der Waals surface area (Å²) in [6.07, 6.45) is -4.57. The van der Waals surface area contributed by atoms with Gasteiger partial charge in [0.2, 0.25) is 0 Å². The third kappa shape index (κ3) is 3.58. The zero-order valence-electron chi connectivity index (χ0n) is 14.5. The predicted molar refractivity (Wildman–Crippen MR) is 93.2 cm³/mol. The molecule has 3 aromatic rings. The van der Waals surface area contributed by atoms with Crippen LogP contribution in [0.2, 0.25) is 0 Å². The molecular weight excluding hydrogens is 405 g/mol. The van der Waals surface area contributed by atoms with Crippen LogP contribution in [0, 0.1) is 13.8 Å². The lowest BCUT2D eigenvalue weighted by molar-refractivity contribution is -0.140. The van der Waals surface area contributed by atoms with Gasteiger partial charge in [0.25, 0.3) is 15.9 Å². The number of hydrogen-bond acceptors (Lipinski definition) is 5. The normalized spacial score (nSPS) is 12.7. The Kier molecular flexibility index (Phi) is 4.58. The van der Waals surface area contributed by atoms with E-state index in [0.29, 0.717) is 10.4 Å². The van der Waals surface area contributed by atoms with E-state index >= 15 is 0 Å². The van der Waals surface area contributed by atoms with Crippen LogP contribution in [-0.4, -0.2) is 34.8 Å². The number of carbonyl (C=O) groups is 1. The van der Waals surface area contributed by atoms with Crippen LogP contribution < -0.4 is 4.72 Å². The molecule has 0 aromatic carbocycles. The van der Waals surface area contributed by atoms with Crippen LogP contribution in [0.1, 0.15) is 21.9 Å². The van der Waals surface area contributed by atoms with Gasteiger partial charge in [-0.2, -0.15) is 18.3 Å². The Bertz CT molecular complexity index is 1140. The smallest absolute Gasteiger partial charge is 0.327 e. The van der Waals surface area contributed by atoms with E-state index in [1.807, 2.05) is 4.72 Å². The van der Waals surface area contributed by atoms with Crippen LogP contribution in [0.25, 0.3) is 10.2 Å². The third-order valence-corrected chi connectivity index (χ3v) is 6.47. The first-order valence-corrected chi connectivity index (χ1v) is 9.98. The first-order chi connectivity index (χ1) is 12.4. The Hall–Kier alpha value is -2.34. The summed E-state index contributed by atoms with van der Waals surface area (Å²) >= 11 is 1.16. The Morgan fingerprint density at radius 2 is 2.00 bits per heavy atom. The second kappa shape index (κ2) is 6.37. The van der Waals surface area contributed by atoms with Crippen molar-refractivity contribution in [2.24, 2.45) is 7.05 Å². The molecule has 0 atom stereocenters. The van der Waals surface area contributed by atoms with E-state index in [4.69, 9.17) is 0 Å². The molecule has 3 aromatic heterocycles. The molecule has 0 saturated heterocycles. The van der Waals surface area contributed by atoms with Gasteiger partial charge < -0.3 is 4.57 Å². The summed E-state index contributed by atoms with van der Waals surface area (Å²) < 4.78 is 68.4. The van der Waals surface area contributed by atoms with Crippen molar-refractivity contribution in [1.29, 1.82) is 0 Å². The van der Waals surface area contributed by atoms with E-state index in [1.165, 1.54) is 30.7 Å². The van der Waals surface area contributed by atoms with E-state index in [0.717, 1.165) is 15.9 Å². The molecule has 146 valence electrons. The minimum Gasteiger partial charge on any atom is -0.327 e. The van der Waals surface area contributed by atoms with E-state index in [2.05, 4.69) is 5.10 Å². The predicted octanol–water partition coefficient (Wildman–Crippen LogP) is 2.73. The molecule has 1 amide bonds. The zero-order valence-corrected chi connectivity index (χ0v) is 16.1. The molecule has 0 bridgehead atoms. The quantitative estimate of drug-likeness (QED) is 0.703. The molecule has 0 aliphatic carbocycles. The van der Waals surface area contributed by atoms with Crippen molar-refractivity contribution in [1.82, 2.24) is 19.1 Å². The van der Waals surface area contributed by atoms with Crippen molar-refractivity contribution < 1.29 is 26.4 Å². The summed E-state index contributed by atoms with van der Waals surface area (Å²) in [5, 5.41) is 5.58. The van der Waals surface area contributed by atoms with Crippen LogP contribution in [0.4, 0.5) is 13.2 Å². The molecule has 0 fully saturated rings. The number of alkyl halides is 3. The summed E-state index contributed by atoms with van der Waals surface area (Å²) in [5.41, 5.74) is 0.326. The number of hydrogen-bond donors (Lipinski definition) is 1. The van der Waals surface area contributed by atoms with Crippen molar-refractivity contribution in [3.63, 3.8) is 0 Å². The van der Waals surface area contributed by atoms with Gasteiger partial charge in [-0.3, -0.25) is 9.48 Å². The SMILES string of the molecule is Cc1nn(C)c(C)c1S(=O)(=O)NC(=O)c1cc2sccc2n1CC(F)(F)F. The second-order valence-corrected chi connectivity index (χ2v) is 8.53. The lowest BCUT2D eigenvalue weighted by Gasteiger charge is -2.13. The Morgan fingerprint density at radius 3 is 2.56 bits per heavy atom. The van der Waals surface area contributed by atoms with Gasteiger partial charge >= 0.3 is 6.18 Å². The Balaban J connectivity index is 2.01. The summed E-state index contributed by atoms with van der Waals surface area (Å²) in [6, 6.07) is 2.70. The molecule has 12 heteroatoms. The maximum absolute atomic E-state index is 12.9. The molecule has 0 unspecified atom stereocenters. The van der Waals surface area contributed by atoms with Crippen molar-refractivity contribution in [3.8, 4) is 0 Å². The molecule has 0 spiro atoms. The number of carbonyl (C=O) groups excluding carboxylic acids is 1. The van der Waals surface area contributed by atoms with Crippen LogP contribution in [0.5, 0.6) is 0 Å². The monoisotopic (exact) mass is 420 g/mol. The fraction of sp³-hybridized carbons (Fsp3) is 0.333. The van der Waals surface area contributed by atoms with E-state index in [1.54, 1.807) is 12.4 Å². The fourth-order valence-corrected chi connectivity index (χ4v) is 5.11. The number of nitrogens with one attached hydrogen (secondary N) is 1. The lowest BCUT2D eigenvalue weighted by Crippen LogP contribution is -2.33. The number of aromatic nitrogens is 3. The molecule has 0 aliphatic rings. The Morgan fingerprint density at radius 1 is 1.33 bits per heavy atom. The molecular formula is C15H15F3N4O3S2. The molecule has 3 heterocycles. The highest BCUT2D eigenvalue weighted by molar-refractivity contribution is 7.90. The van der Waals surface area contributed by atoms with Crippen LogP contribution in [0.3, 0.4) is 0 Å². The number of thiophene rings is 1. The second-order valence-electron chi connectivity index (χ2n) is 5.96. The van der Waals surface area contributed by atoms with Gasteiger partial charge in [0.1, 0.15) is 17.1 Å². The summed E-state index contributed by atoms with van der Waals surface area (Å²) in [7, 11) is -2.76. The zero-order chi connectivity index (χ0) is 20.1. The molecule has 0 radical (unpaired) electrons. The number of aryl methyl sites for hydroxylation is 2. The Labute approximate surface area is 156 Å². The standard InChI is InChI=1S/C15H15F3N4O3S2/c1-8-13(9(2)21(3)19-8)27(24,25)20-14(23)11-6-12-10(4-5-26-12)22(11)7-15(16,17)18/h4-6H,7H2,1-3H3,(H,20,23). The third-order valence-electron chi connectivity index (χ3n) is 4.03. The number of sulfonamides is 1. The van der Waals surface area contributed by atoms with E-state index in [-0.39, 0.29) is 21.8 Å². The molecule has 1 N–H and O–H groups in total. The maximum Gasteiger partial charge on any atom is 0.406 e. The molecule has 7 nitrogen and oxygen atoms in total. The molecule has 0 saturated carbocycles. The van der Waals surface area contributed by atoms with Gasteiger partial charge in [0.15, 0.2) is 0 Å². The van der Waals surface area contributed by atoms with E-state index < -0.39 is 28.7 Å². The van der Waals surface area contributed by atoms with Crippen LogP contribution >= 0.6 is 11.3 Å². The molecule has 27 heavy (non-hydrogen) atoms. The minimum absolute atomic E-state index is 0.172. The maximum atomic E-state index is 12.9. The summed E-state index contributed by atoms with van der Waals surface area (Å²) in [6.45, 7) is 1.58. The average molecular weight is 420 g/mol. The van der Waals surface area contributed by atoms with Crippen molar-refractivity contribution in [2.75, 3.05) is 0 Å². The van der Waals surface area contributed by atoms with Crippen LogP contribution in [-0.2, 0) is 23.6 Å². The number of nitrogens with zero attached hydrogens (tertiary/aromatic N) is 3. The number of halogens is 3. The van der Waals surface area contributed by atoms with E-state index in [9.17, 15) is 26.4 Å². The fourth-order valence-electron chi connectivity index (χ4n) is 2.88. The lowest BCUT2D eigenvalue weighted by atomic mass is 10.4. The minimum atomic E-state index is -4.57. The summed E-state index contributed by atoms with van der Waals surface area (Å²) in [4.78, 5) is 12.4. The van der Waals surface area contributed by atoms with Crippen molar-refractivity contribution in [2.45, 2.75) is 31.5 Å². The first-order valence-electron chi connectivity index (χ1n) is 7.61. The molecule has 0 aliphatic heterocycles. The number of rotatable bonds is 4. The van der Waals surface area contributed by atoms with Gasteiger partial charge in [-0.15, -0.1) is 11.3 Å².